The van der Waals surface area contributed by atoms with E-state index in [1.807, 2.05) is 49.4 Å². The smallest absolute Gasteiger partial charge is 0.339 e. The summed E-state index contributed by atoms with van der Waals surface area (Å²) in [4.78, 5) is 26.6. The van der Waals surface area contributed by atoms with Gasteiger partial charge in [-0.15, -0.1) is 0 Å². The number of anilines is 1. The van der Waals surface area contributed by atoms with Gasteiger partial charge < -0.3 is 15.0 Å². The SMILES string of the molecule is Cc1cccc(NC(=O)N2CCCC3(C2)OC(=O)c2ccccc23)c1. The monoisotopic (exact) mass is 336 g/mol. The first-order chi connectivity index (χ1) is 12.1. The summed E-state index contributed by atoms with van der Waals surface area (Å²) < 4.78 is 5.75. The van der Waals surface area contributed by atoms with Gasteiger partial charge in [-0.05, 0) is 43.5 Å². The first kappa shape index (κ1) is 15.7. The molecule has 0 aliphatic carbocycles. The van der Waals surface area contributed by atoms with Crippen molar-refractivity contribution >= 4 is 17.7 Å². The van der Waals surface area contributed by atoms with E-state index in [4.69, 9.17) is 4.74 Å². The quantitative estimate of drug-likeness (QED) is 0.808. The fraction of sp³-hybridized carbons (Fsp3) is 0.300. The number of likely N-dealkylation sites (tertiary alicyclic amines) is 1. The zero-order chi connectivity index (χ0) is 17.4. The lowest BCUT2D eigenvalue weighted by Gasteiger charge is -2.39. The van der Waals surface area contributed by atoms with Crippen molar-refractivity contribution in [2.24, 2.45) is 0 Å². The number of benzene rings is 2. The average Bonchev–Trinajstić information content (AvgIpc) is 2.87. The van der Waals surface area contributed by atoms with Crippen LogP contribution in [0.4, 0.5) is 10.5 Å². The highest BCUT2D eigenvalue weighted by molar-refractivity contribution is 5.95. The first-order valence-electron chi connectivity index (χ1n) is 8.53. The second kappa shape index (κ2) is 5.92. The van der Waals surface area contributed by atoms with Crippen molar-refractivity contribution in [3.63, 3.8) is 0 Å². The number of urea groups is 1. The number of fused-ring (bicyclic) bond motifs is 2. The van der Waals surface area contributed by atoms with Crippen LogP contribution in [0.25, 0.3) is 0 Å². The van der Waals surface area contributed by atoms with Crippen LogP contribution in [0.2, 0.25) is 0 Å². The third kappa shape index (κ3) is 2.76. The van der Waals surface area contributed by atoms with Gasteiger partial charge in [0.2, 0.25) is 0 Å². The van der Waals surface area contributed by atoms with Crippen molar-refractivity contribution in [2.75, 3.05) is 18.4 Å². The lowest BCUT2D eigenvalue weighted by atomic mass is 9.85. The van der Waals surface area contributed by atoms with Gasteiger partial charge in [0.25, 0.3) is 0 Å². The fourth-order valence-electron chi connectivity index (χ4n) is 3.77. The number of hydrogen-bond acceptors (Lipinski definition) is 3. The van der Waals surface area contributed by atoms with Crippen LogP contribution in [0.1, 0.15) is 34.3 Å². The summed E-state index contributed by atoms with van der Waals surface area (Å²) in [6.45, 7) is 3.02. The number of carbonyl (C=O) groups is 2. The maximum atomic E-state index is 12.7. The summed E-state index contributed by atoms with van der Waals surface area (Å²) >= 11 is 0. The lowest BCUT2D eigenvalue weighted by molar-refractivity contribution is -0.0400. The Morgan fingerprint density at radius 3 is 2.88 bits per heavy atom. The number of aryl methyl sites for hydroxylation is 1. The topological polar surface area (TPSA) is 58.6 Å². The van der Waals surface area contributed by atoms with Gasteiger partial charge in [0, 0.05) is 17.8 Å². The molecule has 0 saturated carbocycles. The fourth-order valence-corrected chi connectivity index (χ4v) is 3.77. The van der Waals surface area contributed by atoms with Gasteiger partial charge in [0.05, 0.1) is 12.1 Å². The Morgan fingerprint density at radius 1 is 1.20 bits per heavy atom. The molecule has 25 heavy (non-hydrogen) atoms. The number of nitrogens with one attached hydrogen (secondary N) is 1. The highest BCUT2D eigenvalue weighted by Crippen LogP contribution is 2.42. The molecule has 0 bridgehead atoms. The molecule has 5 heteroatoms. The lowest BCUT2D eigenvalue weighted by Crippen LogP contribution is -2.50. The number of ether oxygens (including phenoxy) is 1. The van der Waals surface area contributed by atoms with Crippen LogP contribution in [0.15, 0.2) is 48.5 Å². The Labute approximate surface area is 146 Å². The number of carbonyl (C=O) groups excluding carboxylic acids is 2. The molecule has 4 rings (SSSR count). The largest absolute Gasteiger partial charge is 0.449 e. The van der Waals surface area contributed by atoms with E-state index in [0.29, 0.717) is 18.7 Å². The van der Waals surface area contributed by atoms with Gasteiger partial charge in [0.1, 0.15) is 0 Å². The molecule has 1 atom stereocenters. The normalized spacial score (nSPS) is 21.8. The first-order valence-corrected chi connectivity index (χ1v) is 8.53. The molecule has 0 radical (unpaired) electrons. The third-order valence-corrected chi connectivity index (χ3v) is 4.94. The molecular formula is C20H20N2O3. The summed E-state index contributed by atoms with van der Waals surface area (Å²) in [5.74, 6) is -0.295. The van der Waals surface area contributed by atoms with Crippen LogP contribution in [0, 0.1) is 6.92 Å². The van der Waals surface area contributed by atoms with Crippen molar-refractivity contribution in [3.05, 3.63) is 65.2 Å². The molecule has 2 aromatic rings. The van der Waals surface area contributed by atoms with Gasteiger partial charge >= 0.3 is 12.0 Å². The third-order valence-electron chi connectivity index (χ3n) is 4.94. The molecule has 0 aromatic heterocycles. The molecule has 128 valence electrons. The summed E-state index contributed by atoms with van der Waals surface area (Å²) in [5.41, 5.74) is 2.66. The summed E-state index contributed by atoms with van der Waals surface area (Å²) in [6.07, 6.45) is 1.53. The second-order valence-electron chi connectivity index (χ2n) is 6.75. The summed E-state index contributed by atoms with van der Waals surface area (Å²) in [5, 5.41) is 2.94. The Hall–Kier alpha value is -2.82. The predicted molar refractivity (Wildman–Crippen MR) is 94.5 cm³/mol. The molecule has 1 spiro atoms. The molecule has 2 aromatic carbocycles. The number of hydrogen-bond donors (Lipinski definition) is 1. The zero-order valence-corrected chi connectivity index (χ0v) is 14.1. The van der Waals surface area contributed by atoms with Crippen LogP contribution in [0.3, 0.4) is 0 Å². The Balaban J connectivity index is 1.56. The van der Waals surface area contributed by atoms with Gasteiger partial charge in [-0.1, -0.05) is 30.3 Å². The van der Waals surface area contributed by atoms with Crippen molar-refractivity contribution in [2.45, 2.75) is 25.4 Å². The van der Waals surface area contributed by atoms with Gasteiger partial charge in [-0.25, -0.2) is 9.59 Å². The maximum Gasteiger partial charge on any atom is 0.339 e. The molecular weight excluding hydrogens is 316 g/mol. The van der Waals surface area contributed by atoms with Crippen LogP contribution in [-0.2, 0) is 10.3 Å². The van der Waals surface area contributed by atoms with E-state index in [1.54, 1.807) is 11.0 Å². The van der Waals surface area contributed by atoms with Crippen molar-refractivity contribution < 1.29 is 14.3 Å². The minimum atomic E-state index is -0.712. The van der Waals surface area contributed by atoms with E-state index >= 15 is 0 Å². The average molecular weight is 336 g/mol. The Kier molecular flexibility index (Phi) is 3.71. The number of amides is 2. The van der Waals surface area contributed by atoms with Crippen LogP contribution in [0.5, 0.6) is 0 Å². The zero-order valence-electron chi connectivity index (χ0n) is 14.1. The number of rotatable bonds is 1. The van der Waals surface area contributed by atoms with Gasteiger partial charge in [-0.2, -0.15) is 0 Å². The van der Waals surface area contributed by atoms with Crippen LogP contribution < -0.4 is 5.32 Å². The highest BCUT2D eigenvalue weighted by Gasteiger charge is 2.48. The van der Waals surface area contributed by atoms with E-state index in [-0.39, 0.29) is 12.0 Å². The van der Waals surface area contributed by atoms with E-state index in [0.717, 1.165) is 29.7 Å². The van der Waals surface area contributed by atoms with Crippen LogP contribution in [-0.4, -0.2) is 30.0 Å². The summed E-state index contributed by atoms with van der Waals surface area (Å²) in [6, 6.07) is 15.0. The van der Waals surface area contributed by atoms with Crippen LogP contribution >= 0.6 is 0 Å². The highest BCUT2D eigenvalue weighted by atomic mass is 16.6. The predicted octanol–water partition coefficient (Wildman–Crippen LogP) is 3.69. The molecule has 2 aliphatic rings. The minimum Gasteiger partial charge on any atom is -0.449 e. The minimum absolute atomic E-state index is 0.162. The van der Waals surface area contributed by atoms with Crippen molar-refractivity contribution in [3.8, 4) is 0 Å². The molecule has 1 saturated heterocycles. The standard InChI is InChI=1S/C20H20N2O3/c1-14-6-4-7-15(12-14)21-19(24)22-11-5-10-20(13-22)17-9-3-2-8-16(17)18(23)25-20/h2-4,6-9,12H,5,10-11,13H2,1H3,(H,21,24). The molecule has 2 heterocycles. The molecule has 1 fully saturated rings. The van der Waals surface area contributed by atoms with E-state index in [2.05, 4.69) is 5.32 Å². The molecule has 1 unspecified atom stereocenters. The Bertz CT molecular complexity index is 848. The van der Waals surface area contributed by atoms with E-state index in [9.17, 15) is 9.59 Å². The number of piperidine rings is 1. The Morgan fingerprint density at radius 2 is 2.04 bits per heavy atom. The number of nitrogens with zero attached hydrogens (tertiary/aromatic N) is 1. The molecule has 2 aliphatic heterocycles. The second-order valence-corrected chi connectivity index (χ2v) is 6.75. The molecule has 5 nitrogen and oxygen atoms in total. The van der Waals surface area contributed by atoms with E-state index in [1.165, 1.54) is 0 Å². The molecule has 1 N–H and O–H groups in total. The van der Waals surface area contributed by atoms with Crippen molar-refractivity contribution in [1.29, 1.82) is 0 Å². The molecule has 2 amide bonds. The summed E-state index contributed by atoms with van der Waals surface area (Å²) in [7, 11) is 0. The van der Waals surface area contributed by atoms with Crippen molar-refractivity contribution in [1.82, 2.24) is 4.90 Å². The van der Waals surface area contributed by atoms with Gasteiger partial charge in [0.15, 0.2) is 5.60 Å². The van der Waals surface area contributed by atoms with E-state index < -0.39 is 5.60 Å². The van der Waals surface area contributed by atoms with Gasteiger partial charge in [-0.3, -0.25) is 0 Å². The maximum absolute atomic E-state index is 12.7. The number of esters is 1.